The van der Waals surface area contributed by atoms with Crippen molar-refractivity contribution in [1.29, 1.82) is 0 Å². The normalized spacial score (nSPS) is 24.2. The number of carbonyl (C=O) groups excluding carboxylic acids is 1. The molecule has 1 rings (SSSR count). The number of urea groups is 1. The lowest BCUT2D eigenvalue weighted by Crippen LogP contribution is -2.50. The average molecular weight is 260 g/mol. The molecule has 1 aliphatic rings. The van der Waals surface area contributed by atoms with Crippen molar-refractivity contribution in [3.63, 3.8) is 0 Å². The van der Waals surface area contributed by atoms with Gasteiger partial charge in [0, 0.05) is 25.4 Å². The molecule has 0 bridgehead atoms. The van der Waals surface area contributed by atoms with Crippen LogP contribution in [-0.2, 0) is 0 Å². The fourth-order valence-electron chi connectivity index (χ4n) is 2.11. The Hall–Kier alpha value is -0.420. The highest BCUT2D eigenvalue weighted by molar-refractivity contribution is 7.98. The SMILES string of the molecule is CSCC(C)(O)CNC(=O)N1CCCC(C)C1. The van der Waals surface area contributed by atoms with Gasteiger partial charge >= 0.3 is 6.03 Å². The summed E-state index contributed by atoms with van der Waals surface area (Å²) in [5.41, 5.74) is -0.823. The van der Waals surface area contributed by atoms with Gasteiger partial charge in [0.25, 0.3) is 0 Å². The number of piperidine rings is 1. The van der Waals surface area contributed by atoms with E-state index in [1.165, 1.54) is 6.42 Å². The van der Waals surface area contributed by atoms with Crippen LogP contribution in [0.15, 0.2) is 0 Å². The van der Waals surface area contributed by atoms with Crippen LogP contribution < -0.4 is 5.32 Å². The van der Waals surface area contributed by atoms with Gasteiger partial charge in [-0.25, -0.2) is 4.79 Å². The predicted octanol–water partition coefficient (Wildman–Crippen LogP) is 1.54. The number of likely N-dealkylation sites (tertiary alicyclic amines) is 1. The van der Waals surface area contributed by atoms with Gasteiger partial charge in [-0.3, -0.25) is 0 Å². The van der Waals surface area contributed by atoms with Gasteiger partial charge in [-0.1, -0.05) is 6.92 Å². The number of nitrogens with zero attached hydrogens (tertiary/aromatic N) is 1. The van der Waals surface area contributed by atoms with Crippen LogP contribution in [0.25, 0.3) is 0 Å². The first-order valence-corrected chi connectivity index (χ1v) is 7.58. The molecule has 2 unspecified atom stereocenters. The molecule has 1 heterocycles. The summed E-state index contributed by atoms with van der Waals surface area (Å²) in [4.78, 5) is 13.7. The molecule has 0 aromatic rings. The third-order valence-electron chi connectivity index (χ3n) is 3.02. The largest absolute Gasteiger partial charge is 0.387 e. The Bertz CT molecular complexity index is 259. The molecular weight excluding hydrogens is 236 g/mol. The van der Waals surface area contributed by atoms with Crippen molar-refractivity contribution in [1.82, 2.24) is 10.2 Å². The topological polar surface area (TPSA) is 52.6 Å². The molecule has 0 saturated carbocycles. The highest BCUT2D eigenvalue weighted by Crippen LogP contribution is 2.15. The maximum atomic E-state index is 11.9. The first-order chi connectivity index (χ1) is 7.94. The summed E-state index contributed by atoms with van der Waals surface area (Å²) in [5.74, 6) is 1.21. The lowest BCUT2D eigenvalue weighted by molar-refractivity contribution is 0.0830. The molecular formula is C12H24N2O2S. The minimum Gasteiger partial charge on any atom is -0.387 e. The Morgan fingerprint density at radius 1 is 1.65 bits per heavy atom. The number of nitrogens with one attached hydrogen (secondary N) is 1. The molecule has 0 aromatic carbocycles. The number of amides is 2. The summed E-state index contributed by atoms with van der Waals surface area (Å²) in [7, 11) is 0. The Labute approximate surface area is 108 Å². The second-order valence-electron chi connectivity index (χ2n) is 5.28. The first kappa shape index (κ1) is 14.6. The minimum absolute atomic E-state index is 0.0436. The summed E-state index contributed by atoms with van der Waals surface area (Å²) < 4.78 is 0. The zero-order valence-electron chi connectivity index (χ0n) is 11.0. The van der Waals surface area contributed by atoms with E-state index in [-0.39, 0.29) is 6.03 Å². The van der Waals surface area contributed by atoms with Crippen LogP contribution in [0.1, 0.15) is 26.7 Å². The smallest absolute Gasteiger partial charge is 0.317 e. The summed E-state index contributed by atoms with van der Waals surface area (Å²) in [6, 6.07) is -0.0436. The van der Waals surface area contributed by atoms with Gasteiger partial charge in [-0.2, -0.15) is 11.8 Å². The molecule has 1 fully saturated rings. The maximum absolute atomic E-state index is 11.9. The molecule has 100 valence electrons. The maximum Gasteiger partial charge on any atom is 0.317 e. The summed E-state index contributed by atoms with van der Waals surface area (Å²) in [6.07, 6.45) is 4.23. The predicted molar refractivity (Wildman–Crippen MR) is 72.4 cm³/mol. The zero-order chi connectivity index (χ0) is 12.9. The molecule has 0 radical (unpaired) electrons. The van der Waals surface area contributed by atoms with Crippen molar-refractivity contribution in [3.8, 4) is 0 Å². The average Bonchev–Trinajstić information content (AvgIpc) is 2.26. The van der Waals surface area contributed by atoms with Gasteiger partial charge in [0.15, 0.2) is 0 Å². The number of aliphatic hydroxyl groups is 1. The molecule has 0 aromatic heterocycles. The van der Waals surface area contributed by atoms with Crippen LogP contribution in [0.5, 0.6) is 0 Å². The van der Waals surface area contributed by atoms with E-state index in [4.69, 9.17) is 0 Å². The number of rotatable bonds is 4. The fraction of sp³-hybridized carbons (Fsp3) is 0.917. The second-order valence-corrected chi connectivity index (χ2v) is 6.15. The molecule has 2 atom stereocenters. The van der Waals surface area contributed by atoms with Crippen molar-refractivity contribution in [2.24, 2.45) is 5.92 Å². The van der Waals surface area contributed by atoms with Gasteiger partial charge in [0.1, 0.15) is 0 Å². The monoisotopic (exact) mass is 260 g/mol. The van der Waals surface area contributed by atoms with Crippen LogP contribution >= 0.6 is 11.8 Å². The Kier molecular flexibility index (Phi) is 5.59. The van der Waals surface area contributed by atoms with E-state index in [0.717, 1.165) is 19.5 Å². The van der Waals surface area contributed by atoms with Crippen LogP contribution in [0, 0.1) is 5.92 Å². The van der Waals surface area contributed by atoms with E-state index in [1.807, 2.05) is 11.2 Å². The Morgan fingerprint density at radius 3 is 2.94 bits per heavy atom. The summed E-state index contributed by atoms with van der Waals surface area (Å²) in [6.45, 7) is 5.90. The van der Waals surface area contributed by atoms with Crippen LogP contribution in [-0.4, -0.2) is 53.3 Å². The highest BCUT2D eigenvalue weighted by atomic mass is 32.2. The van der Waals surface area contributed by atoms with Crippen molar-refractivity contribution in [2.75, 3.05) is 31.6 Å². The third kappa shape index (κ3) is 5.17. The molecule has 1 aliphatic heterocycles. The van der Waals surface area contributed by atoms with Crippen molar-refractivity contribution >= 4 is 17.8 Å². The van der Waals surface area contributed by atoms with E-state index in [0.29, 0.717) is 18.2 Å². The summed E-state index contributed by atoms with van der Waals surface area (Å²) >= 11 is 1.58. The van der Waals surface area contributed by atoms with Gasteiger partial charge in [-0.05, 0) is 31.9 Å². The van der Waals surface area contributed by atoms with E-state index < -0.39 is 5.60 Å². The quantitative estimate of drug-likeness (QED) is 0.806. The molecule has 4 nitrogen and oxygen atoms in total. The molecule has 0 spiro atoms. The number of hydrogen-bond donors (Lipinski definition) is 2. The first-order valence-electron chi connectivity index (χ1n) is 6.19. The van der Waals surface area contributed by atoms with E-state index >= 15 is 0 Å². The lowest BCUT2D eigenvalue weighted by atomic mass is 10.0. The van der Waals surface area contributed by atoms with Crippen molar-refractivity contribution < 1.29 is 9.90 Å². The minimum atomic E-state index is -0.823. The van der Waals surface area contributed by atoms with Crippen molar-refractivity contribution in [3.05, 3.63) is 0 Å². The van der Waals surface area contributed by atoms with E-state index in [9.17, 15) is 9.90 Å². The zero-order valence-corrected chi connectivity index (χ0v) is 11.8. The molecule has 2 amide bonds. The van der Waals surface area contributed by atoms with Gasteiger partial charge in [-0.15, -0.1) is 0 Å². The molecule has 0 aliphatic carbocycles. The molecule has 2 N–H and O–H groups in total. The summed E-state index contributed by atoms with van der Waals surface area (Å²) in [5, 5.41) is 12.8. The van der Waals surface area contributed by atoms with E-state index in [1.54, 1.807) is 18.7 Å². The standard InChI is InChI=1S/C12H24N2O2S/c1-10-5-4-6-14(7-10)11(15)13-8-12(2,16)9-17-3/h10,16H,4-9H2,1-3H3,(H,13,15). The van der Waals surface area contributed by atoms with Crippen LogP contribution in [0.2, 0.25) is 0 Å². The number of carbonyl (C=O) groups is 1. The fourth-order valence-corrected chi connectivity index (χ4v) is 2.84. The van der Waals surface area contributed by atoms with Gasteiger partial charge < -0.3 is 15.3 Å². The number of hydrogen-bond acceptors (Lipinski definition) is 3. The highest BCUT2D eigenvalue weighted by Gasteiger charge is 2.24. The van der Waals surface area contributed by atoms with Gasteiger partial charge in [0.05, 0.1) is 5.60 Å². The molecule has 1 saturated heterocycles. The molecule has 17 heavy (non-hydrogen) atoms. The van der Waals surface area contributed by atoms with Crippen LogP contribution in [0.3, 0.4) is 0 Å². The number of thioether (sulfide) groups is 1. The van der Waals surface area contributed by atoms with E-state index in [2.05, 4.69) is 12.2 Å². The van der Waals surface area contributed by atoms with Crippen LogP contribution in [0.4, 0.5) is 4.79 Å². The Morgan fingerprint density at radius 2 is 2.35 bits per heavy atom. The van der Waals surface area contributed by atoms with Crippen molar-refractivity contribution in [2.45, 2.75) is 32.3 Å². The second kappa shape index (κ2) is 6.50. The molecule has 5 heteroatoms. The van der Waals surface area contributed by atoms with Gasteiger partial charge in [0.2, 0.25) is 0 Å². The Balaban J connectivity index is 2.33. The lowest BCUT2D eigenvalue weighted by Gasteiger charge is -2.32. The third-order valence-corrected chi connectivity index (χ3v) is 3.93.